The van der Waals surface area contributed by atoms with Gasteiger partial charge in [-0.2, -0.15) is 0 Å². The summed E-state index contributed by atoms with van der Waals surface area (Å²) in [5.41, 5.74) is 2.12. The largest absolute Gasteiger partial charge is 0.445 e. The lowest BCUT2D eigenvalue weighted by atomic mass is 9.86. The van der Waals surface area contributed by atoms with Crippen molar-refractivity contribution in [3.8, 4) is 0 Å². The molecule has 0 atom stereocenters. The summed E-state index contributed by atoms with van der Waals surface area (Å²) in [5.74, 6) is 0. The second-order valence-corrected chi connectivity index (χ2v) is 6.78. The first-order chi connectivity index (χ1) is 12.8. The van der Waals surface area contributed by atoms with E-state index in [-0.39, 0.29) is 12.1 Å². The van der Waals surface area contributed by atoms with E-state index < -0.39 is 0 Å². The van der Waals surface area contributed by atoms with Crippen LogP contribution in [0, 0.1) is 0 Å². The van der Waals surface area contributed by atoms with E-state index in [2.05, 4.69) is 53.1 Å². The van der Waals surface area contributed by atoms with Gasteiger partial charge in [-0.3, -0.25) is 0 Å². The van der Waals surface area contributed by atoms with Gasteiger partial charge in [0, 0.05) is 17.8 Å². The summed E-state index contributed by atoms with van der Waals surface area (Å²) in [7, 11) is 0. The van der Waals surface area contributed by atoms with Crippen LogP contribution in [0.1, 0.15) is 18.4 Å². The van der Waals surface area contributed by atoms with Crippen molar-refractivity contribution in [2.75, 3.05) is 5.32 Å². The molecule has 0 saturated heterocycles. The molecule has 0 radical (unpaired) electrons. The van der Waals surface area contributed by atoms with Gasteiger partial charge in [0.25, 0.3) is 0 Å². The lowest BCUT2D eigenvalue weighted by Gasteiger charge is -2.36. The minimum atomic E-state index is -0.344. The van der Waals surface area contributed by atoms with Crippen molar-refractivity contribution in [3.05, 3.63) is 78.4 Å². The maximum atomic E-state index is 11.9. The van der Waals surface area contributed by atoms with Crippen LogP contribution in [-0.4, -0.2) is 18.2 Å². The number of amides is 1. The molecule has 1 amide bonds. The Kier molecular flexibility index (Phi) is 4.73. The highest BCUT2D eigenvalue weighted by Crippen LogP contribution is 2.26. The molecule has 4 heteroatoms. The Morgan fingerprint density at radius 2 is 1.62 bits per heavy atom. The summed E-state index contributed by atoms with van der Waals surface area (Å²) < 4.78 is 5.27. The van der Waals surface area contributed by atoms with Gasteiger partial charge in [0.2, 0.25) is 0 Å². The predicted molar refractivity (Wildman–Crippen MR) is 104 cm³/mol. The topological polar surface area (TPSA) is 50.4 Å². The summed E-state index contributed by atoms with van der Waals surface area (Å²) in [4.78, 5) is 11.9. The number of alkyl carbamates (subject to hydrolysis) is 1. The Hall–Kier alpha value is -3.01. The van der Waals surface area contributed by atoms with Gasteiger partial charge in [-0.1, -0.05) is 60.7 Å². The summed E-state index contributed by atoms with van der Waals surface area (Å²) in [6.45, 7) is 0.304. The SMILES string of the molecule is O=C(NC1CC(Nc2ccc3ccccc3c2)C1)OCc1ccccc1. The Balaban J connectivity index is 1.21. The first kappa shape index (κ1) is 16.5. The van der Waals surface area contributed by atoms with Crippen LogP contribution in [0.25, 0.3) is 10.8 Å². The van der Waals surface area contributed by atoms with E-state index in [0.29, 0.717) is 12.6 Å². The molecule has 132 valence electrons. The molecule has 4 nitrogen and oxygen atoms in total. The highest BCUT2D eigenvalue weighted by atomic mass is 16.5. The van der Waals surface area contributed by atoms with Crippen LogP contribution in [0.4, 0.5) is 10.5 Å². The molecule has 1 fully saturated rings. The minimum Gasteiger partial charge on any atom is -0.445 e. The van der Waals surface area contributed by atoms with Crippen molar-refractivity contribution in [2.24, 2.45) is 0 Å². The number of carbonyl (C=O) groups excluding carboxylic acids is 1. The maximum Gasteiger partial charge on any atom is 0.407 e. The van der Waals surface area contributed by atoms with Crippen molar-refractivity contribution in [1.29, 1.82) is 0 Å². The van der Waals surface area contributed by atoms with Gasteiger partial charge in [-0.15, -0.1) is 0 Å². The zero-order valence-corrected chi connectivity index (χ0v) is 14.5. The van der Waals surface area contributed by atoms with Gasteiger partial charge in [-0.05, 0) is 41.3 Å². The molecular formula is C22H22N2O2. The van der Waals surface area contributed by atoms with E-state index >= 15 is 0 Å². The number of hydrogen-bond acceptors (Lipinski definition) is 3. The van der Waals surface area contributed by atoms with Crippen LogP contribution >= 0.6 is 0 Å². The molecule has 1 aliphatic carbocycles. The lowest BCUT2D eigenvalue weighted by Crippen LogP contribution is -2.49. The van der Waals surface area contributed by atoms with Gasteiger partial charge in [-0.25, -0.2) is 4.79 Å². The van der Waals surface area contributed by atoms with Gasteiger partial charge in [0.05, 0.1) is 0 Å². The zero-order valence-electron chi connectivity index (χ0n) is 14.5. The third kappa shape index (κ3) is 3.97. The third-order valence-electron chi connectivity index (χ3n) is 4.79. The molecule has 1 saturated carbocycles. The summed E-state index contributed by atoms with van der Waals surface area (Å²) in [6, 6.07) is 25.0. The van der Waals surface area contributed by atoms with Gasteiger partial charge < -0.3 is 15.4 Å². The fraction of sp³-hybridized carbons (Fsp3) is 0.227. The van der Waals surface area contributed by atoms with E-state index in [0.717, 1.165) is 24.1 Å². The second-order valence-electron chi connectivity index (χ2n) is 6.78. The first-order valence-electron chi connectivity index (χ1n) is 8.99. The molecule has 3 aromatic rings. The highest BCUT2D eigenvalue weighted by Gasteiger charge is 2.30. The van der Waals surface area contributed by atoms with Crippen LogP contribution in [0.5, 0.6) is 0 Å². The number of carbonyl (C=O) groups is 1. The Morgan fingerprint density at radius 3 is 2.42 bits per heavy atom. The number of rotatable bonds is 5. The van der Waals surface area contributed by atoms with E-state index in [1.165, 1.54) is 10.8 Å². The number of anilines is 1. The molecule has 0 heterocycles. The van der Waals surface area contributed by atoms with Crippen LogP contribution in [0.15, 0.2) is 72.8 Å². The molecular weight excluding hydrogens is 324 g/mol. The molecule has 1 aliphatic rings. The molecule has 0 bridgehead atoms. The van der Waals surface area contributed by atoms with Crippen LogP contribution in [-0.2, 0) is 11.3 Å². The Morgan fingerprint density at radius 1 is 0.885 bits per heavy atom. The van der Waals surface area contributed by atoms with Gasteiger partial charge >= 0.3 is 6.09 Å². The number of ether oxygens (including phenoxy) is 1. The fourth-order valence-corrected chi connectivity index (χ4v) is 3.30. The number of fused-ring (bicyclic) bond motifs is 1. The van der Waals surface area contributed by atoms with Crippen molar-refractivity contribution < 1.29 is 9.53 Å². The fourth-order valence-electron chi connectivity index (χ4n) is 3.30. The summed E-state index contributed by atoms with van der Waals surface area (Å²) >= 11 is 0. The summed E-state index contributed by atoms with van der Waals surface area (Å²) in [6.07, 6.45) is 1.48. The Labute approximate surface area is 153 Å². The smallest absolute Gasteiger partial charge is 0.407 e. The molecule has 3 aromatic carbocycles. The van der Waals surface area contributed by atoms with E-state index in [4.69, 9.17) is 4.74 Å². The van der Waals surface area contributed by atoms with Crippen molar-refractivity contribution >= 4 is 22.6 Å². The average molecular weight is 346 g/mol. The molecule has 0 spiro atoms. The van der Waals surface area contributed by atoms with Crippen LogP contribution in [0.3, 0.4) is 0 Å². The quantitative estimate of drug-likeness (QED) is 0.703. The van der Waals surface area contributed by atoms with Crippen molar-refractivity contribution in [2.45, 2.75) is 31.5 Å². The summed E-state index contributed by atoms with van der Waals surface area (Å²) in [5, 5.41) is 8.95. The molecule has 26 heavy (non-hydrogen) atoms. The molecule has 0 aromatic heterocycles. The number of benzene rings is 3. The molecule has 0 aliphatic heterocycles. The van der Waals surface area contributed by atoms with Crippen LogP contribution < -0.4 is 10.6 Å². The number of hydrogen-bond donors (Lipinski definition) is 2. The molecule has 4 rings (SSSR count). The van der Waals surface area contributed by atoms with Gasteiger partial charge in [0.15, 0.2) is 0 Å². The lowest BCUT2D eigenvalue weighted by molar-refractivity contribution is 0.129. The Bertz CT molecular complexity index is 889. The normalized spacial score (nSPS) is 18.8. The molecule has 2 N–H and O–H groups in total. The van der Waals surface area contributed by atoms with E-state index in [9.17, 15) is 4.79 Å². The van der Waals surface area contributed by atoms with Crippen molar-refractivity contribution in [3.63, 3.8) is 0 Å². The van der Waals surface area contributed by atoms with Crippen molar-refractivity contribution in [1.82, 2.24) is 5.32 Å². The van der Waals surface area contributed by atoms with Gasteiger partial charge in [0.1, 0.15) is 6.61 Å². The standard InChI is InChI=1S/C22H22N2O2/c25-22(26-15-16-6-2-1-3-7-16)24-21-13-20(14-21)23-19-11-10-17-8-4-5-9-18(17)12-19/h1-12,20-21,23H,13-15H2,(H,24,25). The molecule has 0 unspecified atom stereocenters. The monoisotopic (exact) mass is 346 g/mol. The third-order valence-corrected chi connectivity index (χ3v) is 4.79. The maximum absolute atomic E-state index is 11.9. The van der Waals surface area contributed by atoms with E-state index in [1.54, 1.807) is 0 Å². The van der Waals surface area contributed by atoms with Crippen LogP contribution in [0.2, 0.25) is 0 Å². The predicted octanol–water partition coefficient (Wildman–Crippen LogP) is 4.71. The first-order valence-corrected chi connectivity index (χ1v) is 8.99. The zero-order chi connectivity index (χ0) is 17.8. The highest BCUT2D eigenvalue weighted by molar-refractivity contribution is 5.85. The number of nitrogens with one attached hydrogen (secondary N) is 2. The average Bonchev–Trinajstić information content (AvgIpc) is 2.65. The minimum absolute atomic E-state index is 0.177. The van der Waals surface area contributed by atoms with E-state index in [1.807, 2.05) is 30.3 Å². The second kappa shape index (κ2) is 7.48.